The zero-order valence-electron chi connectivity index (χ0n) is 10.4. The predicted molar refractivity (Wildman–Crippen MR) is 78.3 cm³/mol. The Morgan fingerprint density at radius 2 is 1.86 bits per heavy atom. The Bertz CT molecular complexity index is 808. The average molecular weight is 374 g/mol. The number of carbonyl (C=O) groups is 1. The fourth-order valence-electron chi connectivity index (χ4n) is 1.60. The smallest absolute Gasteiger partial charge is 0.335 e. The molecule has 5 nitrogen and oxygen atoms in total. The van der Waals surface area contributed by atoms with E-state index in [9.17, 15) is 17.6 Å². The number of benzene rings is 2. The minimum atomic E-state index is -4.04. The monoisotopic (exact) mass is 373 g/mol. The quantitative estimate of drug-likeness (QED) is 0.862. The third-order valence-corrected chi connectivity index (χ3v) is 4.93. The molecule has 0 heterocycles. The van der Waals surface area contributed by atoms with Gasteiger partial charge in [0.2, 0.25) is 0 Å². The van der Waals surface area contributed by atoms with Crippen molar-refractivity contribution in [2.24, 2.45) is 0 Å². The lowest BCUT2D eigenvalue weighted by atomic mass is 10.2. The Morgan fingerprint density at radius 1 is 1.19 bits per heavy atom. The van der Waals surface area contributed by atoms with Crippen molar-refractivity contribution in [2.75, 3.05) is 4.72 Å². The maximum atomic E-state index is 13.5. The van der Waals surface area contributed by atoms with Crippen molar-refractivity contribution in [1.29, 1.82) is 0 Å². The molecule has 0 bridgehead atoms. The Kier molecular flexibility index (Phi) is 4.29. The first-order valence-corrected chi connectivity index (χ1v) is 7.89. The summed E-state index contributed by atoms with van der Waals surface area (Å²) in [5.41, 5.74) is -0.251. The molecule has 21 heavy (non-hydrogen) atoms. The van der Waals surface area contributed by atoms with Crippen LogP contribution >= 0.6 is 15.9 Å². The number of para-hydroxylation sites is 1. The van der Waals surface area contributed by atoms with Crippen LogP contribution in [-0.4, -0.2) is 19.5 Å². The fraction of sp³-hybridized carbons (Fsp3) is 0. The molecule has 2 aromatic rings. The van der Waals surface area contributed by atoms with Crippen LogP contribution in [0.4, 0.5) is 10.1 Å². The highest BCUT2D eigenvalue weighted by Crippen LogP contribution is 2.26. The predicted octanol–water partition coefficient (Wildman–Crippen LogP) is 3.09. The summed E-state index contributed by atoms with van der Waals surface area (Å²) in [4.78, 5) is 10.6. The van der Waals surface area contributed by atoms with E-state index in [1.54, 1.807) is 0 Å². The van der Waals surface area contributed by atoms with Crippen molar-refractivity contribution in [3.63, 3.8) is 0 Å². The molecule has 0 radical (unpaired) electrons. The van der Waals surface area contributed by atoms with Gasteiger partial charge in [-0.15, -0.1) is 0 Å². The lowest BCUT2D eigenvalue weighted by molar-refractivity contribution is 0.0696. The number of aromatic carboxylic acids is 1. The van der Waals surface area contributed by atoms with Crippen LogP contribution in [0.25, 0.3) is 0 Å². The number of anilines is 1. The first kappa shape index (κ1) is 15.5. The zero-order valence-corrected chi connectivity index (χ0v) is 12.8. The Balaban J connectivity index is 2.41. The zero-order chi connectivity index (χ0) is 15.6. The Labute approximate surface area is 128 Å². The molecule has 8 heteroatoms. The maximum absolute atomic E-state index is 13.5. The highest BCUT2D eigenvalue weighted by atomic mass is 79.9. The third-order valence-electron chi connectivity index (χ3n) is 2.59. The highest BCUT2D eigenvalue weighted by Gasteiger charge is 2.20. The van der Waals surface area contributed by atoms with Crippen LogP contribution in [0.5, 0.6) is 0 Å². The summed E-state index contributed by atoms with van der Waals surface area (Å²) in [5, 5.41) is 8.84. The van der Waals surface area contributed by atoms with Crippen molar-refractivity contribution >= 4 is 37.6 Å². The fourth-order valence-corrected chi connectivity index (χ4v) is 3.74. The lowest BCUT2D eigenvalue weighted by Gasteiger charge is -2.10. The number of carboxylic acid groups (broad SMARTS) is 1. The summed E-state index contributed by atoms with van der Waals surface area (Å²) in [5.74, 6) is -1.89. The van der Waals surface area contributed by atoms with Gasteiger partial charge in [0.25, 0.3) is 10.0 Å². The summed E-state index contributed by atoms with van der Waals surface area (Å²) in [7, 11) is -4.04. The number of hydrogen-bond acceptors (Lipinski definition) is 3. The van der Waals surface area contributed by atoms with Gasteiger partial charge in [-0.2, -0.15) is 0 Å². The van der Waals surface area contributed by atoms with Crippen LogP contribution in [0.15, 0.2) is 51.8 Å². The molecule has 0 saturated heterocycles. The van der Waals surface area contributed by atoms with E-state index < -0.39 is 21.8 Å². The van der Waals surface area contributed by atoms with E-state index in [2.05, 4.69) is 20.7 Å². The number of halogens is 2. The second-order valence-electron chi connectivity index (χ2n) is 4.04. The number of nitrogens with one attached hydrogen (secondary N) is 1. The molecule has 0 aliphatic heterocycles. The standard InChI is InChI=1S/C13H9BrFNO4S/c14-9-7-8(13(17)18)5-6-12(9)21(19,20)16-11-4-2-1-3-10(11)15/h1-7,16H,(H,17,18). The summed E-state index contributed by atoms with van der Waals surface area (Å²) in [6.45, 7) is 0. The van der Waals surface area contributed by atoms with Gasteiger partial charge in [0.15, 0.2) is 0 Å². The molecule has 0 unspecified atom stereocenters. The SMILES string of the molecule is O=C(O)c1ccc(S(=O)(=O)Nc2ccccc2F)c(Br)c1. The second-order valence-corrected chi connectivity index (χ2v) is 6.54. The van der Waals surface area contributed by atoms with Crippen molar-refractivity contribution < 1.29 is 22.7 Å². The summed E-state index contributed by atoms with van der Waals surface area (Å²) >= 11 is 3.01. The largest absolute Gasteiger partial charge is 0.478 e. The number of carboxylic acids is 1. The van der Waals surface area contributed by atoms with Gasteiger partial charge in [0, 0.05) is 4.47 Å². The number of rotatable bonds is 4. The number of sulfonamides is 1. The normalized spacial score (nSPS) is 11.1. The van der Waals surface area contributed by atoms with Crippen molar-refractivity contribution in [2.45, 2.75) is 4.90 Å². The van der Waals surface area contributed by atoms with Crippen molar-refractivity contribution in [3.05, 3.63) is 58.3 Å². The molecule has 2 N–H and O–H groups in total. The van der Waals surface area contributed by atoms with Crippen molar-refractivity contribution in [3.8, 4) is 0 Å². The molecular weight excluding hydrogens is 365 g/mol. The summed E-state index contributed by atoms with van der Waals surface area (Å²) in [6, 6.07) is 8.79. The van der Waals surface area contributed by atoms with E-state index in [-0.39, 0.29) is 20.6 Å². The molecule has 0 spiro atoms. The van der Waals surface area contributed by atoms with Crippen LogP contribution in [0.3, 0.4) is 0 Å². The first-order valence-electron chi connectivity index (χ1n) is 5.61. The second kappa shape index (κ2) is 5.82. The van der Waals surface area contributed by atoms with Gasteiger partial charge in [-0.1, -0.05) is 12.1 Å². The summed E-state index contributed by atoms with van der Waals surface area (Å²) < 4.78 is 40.1. The molecule has 0 amide bonds. The molecule has 0 aliphatic carbocycles. The van der Waals surface area contributed by atoms with Crippen LogP contribution < -0.4 is 4.72 Å². The highest BCUT2D eigenvalue weighted by molar-refractivity contribution is 9.10. The Morgan fingerprint density at radius 3 is 2.43 bits per heavy atom. The van der Waals surface area contributed by atoms with Gasteiger partial charge in [-0.25, -0.2) is 17.6 Å². The lowest BCUT2D eigenvalue weighted by Crippen LogP contribution is -2.15. The van der Waals surface area contributed by atoms with E-state index in [0.29, 0.717) is 0 Å². The average Bonchev–Trinajstić information content (AvgIpc) is 2.40. The minimum Gasteiger partial charge on any atom is -0.478 e. The van der Waals surface area contributed by atoms with Gasteiger partial charge in [0.1, 0.15) is 10.7 Å². The van der Waals surface area contributed by atoms with Gasteiger partial charge in [-0.3, -0.25) is 4.72 Å². The van der Waals surface area contributed by atoms with E-state index in [1.165, 1.54) is 18.2 Å². The molecule has 110 valence electrons. The van der Waals surface area contributed by atoms with Crippen molar-refractivity contribution in [1.82, 2.24) is 0 Å². The topological polar surface area (TPSA) is 83.5 Å². The molecule has 0 aromatic heterocycles. The van der Waals surface area contributed by atoms with Crippen LogP contribution in [0.1, 0.15) is 10.4 Å². The van der Waals surface area contributed by atoms with E-state index in [1.807, 2.05) is 0 Å². The van der Waals surface area contributed by atoms with Gasteiger partial charge < -0.3 is 5.11 Å². The third kappa shape index (κ3) is 3.40. The summed E-state index contributed by atoms with van der Waals surface area (Å²) in [6.07, 6.45) is 0. The van der Waals surface area contributed by atoms with Gasteiger partial charge in [0.05, 0.1) is 11.3 Å². The van der Waals surface area contributed by atoms with E-state index in [4.69, 9.17) is 5.11 Å². The minimum absolute atomic E-state index is 0.0632. The molecule has 2 aromatic carbocycles. The molecule has 2 rings (SSSR count). The van der Waals surface area contributed by atoms with Crippen LogP contribution in [-0.2, 0) is 10.0 Å². The van der Waals surface area contributed by atoms with Gasteiger partial charge >= 0.3 is 5.97 Å². The van der Waals surface area contributed by atoms with E-state index in [0.717, 1.165) is 24.3 Å². The van der Waals surface area contributed by atoms with Crippen LogP contribution in [0.2, 0.25) is 0 Å². The van der Waals surface area contributed by atoms with E-state index >= 15 is 0 Å². The molecule has 0 fully saturated rings. The maximum Gasteiger partial charge on any atom is 0.335 e. The Hall–Kier alpha value is -1.93. The van der Waals surface area contributed by atoms with Crippen LogP contribution in [0, 0.1) is 5.82 Å². The van der Waals surface area contributed by atoms with Gasteiger partial charge in [-0.05, 0) is 46.3 Å². The molecule has 0 aliphatic rings. The molecular formula is C13H9BrFNO4S. The first-order chi connectivity index (χ1) is 9.81. The molecule has 0 atom stereocenters. The number of hydrogen-bond donors (Lipinski definition) is 2. The molecule has 0 saturated carbocycles.